The topological polar surface area (TPSA) is 40.6 Å². The monoisotopic (exact) mass is 492 g/mol. The second kappa shape index (κ2) is 10.8. The van der Waals surface area contributed by atoms with Gasteiger partial charge in [0, 0.05) is 29.8 Å². The average molecular weight is 493 g/mol. The molecule has 0 aliphatic carbocycles. The van der Waals surface area contributed by atoms with E-state index in [4.69, 9.17) is 0 Å². The smallest absolute Gasteiger partial charge is 0.255 e. The zero-order valence-corrected chi connectivity index (χ0v) is 21.6. The number of carbonyl (C=O) groups excluding carboxylic acids is 2. The summed E-state index contributed by atoms with van der Waals surface area (Å²) in [6, 6.07) is 21.7. The maximum Gasteiger partial charge on any atom is 0.255 e. The van der Waals surface area contributed by atoms with Gasteiger partial charge in [0.1, 0.15) is 5.37 Å². The minimum Gasteiger partial charge on any atom is -0.340 e. The molecule has 0 radical (unpaired) electrons. The molecule has 0 bridgehead atoms. The molecule has 2 amide bonds. The number of amides is 2. The van der Waals surface area contributed by atoms with Crippen LogP contribution in [0.4, 0.5) is 0 Å². The van der Waals surface area contributed by atoms with Gasteiger partial charge in [0.05, 0.1) is 6.04 Å². The average Bonchev–Trinajstić information content (AvgIpc) is 3.51. The Kier molecular flexibility index (Phi) is 7.79. The molecule has 0 N–H and O–H groups in total. The minimum absolute atomic E-state index is 0.0189. The number of hydrogen-bond donors (Lipinski definition) is 0. The molecule has 1 aliphatic heterocycles. The van der Waals surface area contributed by atoms with E-state index < -0.39 is 5.41 Å². The van der Waals surface area contributed by atoms with Gasteiger partial charge in [-0.25, -0.2) is 0 Å². The molecule has 2 atom stereocenters. The van der Waals surface area contributed by atoms with Gasteiger partial charge in [0.2, 0.25) is 5.91 Å². The van der Waals surface area contributed by atoms with E-state index in [1.165, 1.54) is 5.56 Å². The normalized spacial score (nSPS) is 18.1. The van der Waals surface area contributed by atoms with Gasteiger partial charge in [-0.2, -0.15) is 11.3 Å². The number of nitrogens with zero attached hydrogens (tertiary/aromatic N) is 2. The summed E-state index contributed by atoms with van der Waals surface area (Å²) < 4.78 is 0. The first-order valence-corrected chi connectivity index (χ1v) is 13.7. The lowest BCUT2D eigenvalue weighted by molar-refractivity contribution is -0.140. The molecule has 178 valence electrons. The lowest BCUT2D eigenvalue weighted by Gasteiger charge is -2.36. The largest absolute Gasteiger partial charge is 0.340 e. The zero-order chi connectivity index (χ0) is 24.1. The molecule has 34 heavy (non-hydrogen) atoms. The summed E-state index contributed by atoms with van der Waals surface area (Å²) in [4.78, 5) is 31.1. The fraction of sp³-hybridized carbons (Fsp3) is 0.357. The number of rotatable bonds is 7. The van der Waals surface area contributed by atoms with Crippen LogP contribution >= 0.6 is 23.1 Å². The summed E-state index contributed by atoms with van der Waals surface area (Å²) >= 11 is 3.46. The summed E-state index contributed by atoms with van der Waals surface area (Å²) in [5, 5.41) is 4.15. The van der Waals surface area contributed by atoms with Gasteiger partial charge in [-0.3, -0.25) is 9.59 Å². The van der Waals surface area contributed by atoms with Crippen molar-refractivity contribution in [3.63, 3.8) is 0 Å². The van der Waals surface area contributed by atoms with Crippen molar-refractivity contribution in [3.05, 3.63) is 94.2 Å². The van der Waals surface area contributed by atoms with Gasteiger partial charge in [0.25, 0.3) is 5.91 Å². The van der Waals surface area contributed by atoms with Gasteiger partial charge in [-0.05, 0) is 46.5 Å². The molecule has 2 heterocycles. The van der Waals surface area contributed by atoms with E-state index in [1.807, 2.05) is 79.1 Å². The van der Waals surface area contributed by atoms with E-state index >= 15 is 0 Å². The van der Waals surface area contributed by atoms with Gasteiger partial charge in [-0.1, -0.05) is 69.3 Å². The number of thiophene rings is 1. The van der Waals surface area contributed by atoms with Crippen LogP contribution in [0.25, 0.3) is 0 Å². The highest BCUT2D eigenvalue weighted by molar-refractivity contribution is 7.99. The molecule has 0 saturated carbocycles. The lowest BCUT2D eigenvalue weighted by atomic mass is 9.94. The van der Waals surface area contributed by atoms with Gasteiger partial charge in [-0.15, -0.1) is 11.8 Å². The van der Waals surface area contributed by atoms with E-state index in [0.29, 0.717) is 18.7 Å². The molecular weight excluding hydrogens is 460 g/mol. The van der Waals surface area contributed by atoms with Crippen molar-refractivity contribution < 1.29 is 9.59 Å². The van der Waals surface area contributed by atoms with E-state index in [0.717, 1.165) is 17.7 Å². The highest BCUT2D eigenvalue weighted by Crippen LogP contribution is 2.42. The first-order chi connectivity index (χ1) is 16.3. The van der Waals surface area contributed by atoms with Crippen molar-refractivity contribution in [1.82, 2.24) is 9.80 Å². The van der Waals surface area contributed by atoms with Crippen LogP contribution in [0.2, 0.25) is 0 Å². The second-order valence-corrected chi connectivity index (χ2v) is 11.6. The molecule has 3 aromatic rings. The Balaban J connectivity index is 1.61. The third-order valence-corrected chi connectivity index (χ3v) is 8.17. The summed E-state index contributed by atoms with van der Waals surface area (Å²) in [5.41, 5.74) is 2.57. The van der Waals surface area contributed by atoms with Crippen LogP contribution in [0.15, 0.2) is 77.5 Å². The highest BCUT2D eigenvalue weighted by Gasteiger charge is 2.41. The molecular formula is C28H32N2O2S2. The molecule has 1 unspecified atom stereocenters. The van der Waals surface area contributed by atoms with E-state index in [1.54, 1.807) is 23.1 Å². The fourth-order valence-electron chi connectivity index (χ4n) is 4.28. The molecule has 0 spiro atoms. The van der Waals surface area contributed by atoms with Gasteiger partial charge in [0.15, 0.2) is 0 Å². The third-order valence-electron chi connectivity index (χ3n) is 6.04. The Bertz CT molecular complexity index is 1080. The van der Waals surface area contributed by atoms with Crippen LogP contribution in [-0.4, -0.2) is 46.5 Å². The van der Waals surface area contributed by atoms with Crippen molar-refractivity contribution in [2.45, 2.75) is 38.6 Å². The molecule has 4 rings (SSSR count). The number of hydrogen-bond acceptors (Lipinski definition) is 4. The molecule has 6 heteroatoms. The van der Waals surface area contributed by atoms with Crippen LogP contribution in [0, 0.1) is 5.41 Å². The fourth-order valence-corrected chi connectivity index (χ4v) is 6.43. The maximum absolute atomic E-state index is 13.7. The van der Waals surface area contributed by atoms with E-state index in [2.05, 4.69) is 29.0 Å². The SMILES string of the molecule is CC(C)(C)C(=O)N(CCc1ccsc1)C[C@@H]1CSC(c2ccccc2)N1C(=O)c1ccccc1. The van der Waals surface area contributed by atoms with Gasteiger partial charge < -0.3 is 9.80 Å². The second-order valence-electron chi connectivity index (χ2n) is 9.71. The Morgan fingerprint density at radius 2 is 1.68 bits per heavy atom. The van der Waals surface area contributed by atoms with Crippen molar-refractivity contribution in [2.75, 3.05) is 18.8 Å². The standard InChI is InChI=1S/C28H32N2O2S2/c1-28(2,3)27(32)29(16-14-21-15-17-33-19-21)18-24-20-34-26(23-12-8-5-9-13-23)30(24)25(31)22-10-6-4-7-11-22/h4-13,15,17,19,24,26H,14,16,18,20H2,1-3H3/t24-,26?/m1/s1. The maximum atomic E-state index is 13.7. The van der Waals surface area contributed by atoms with Crippen LogP contribution in [-0.2, 0) is 11.2 Å². The summed E-state index contributed by atoms with van der Waals surface area (Å²) in [6.45, 7) is 7.09. The van der Waals surface area contributed by atoms with Crippen LogP contribution < -0.4 is 0 Å². The lowest BCUT2D eigenvalue weighted by Crippen LogP contribution is -2.50. The molecule has 1 fully saturated rings. The summed E-state index contributed by atoms with van der Waals surface area (Å²) in [7, 11) is 0. The van der Waals surface area contributed by atoms with Crippen LogP contribution in [0.5, 0.6) is 0 Å². The Morgan fingerprint density at radius 1 is 1.00 bits per heavy atom. The van der Waals surface area contributed by atoms with E-state index in [9.17, 15) is 9.59 Å². The first-order valence-electron chi connectivity index (χ1n) is 11.7. The van der Waals surface area contributed by atoms with Crippen molar-refractivity contribution in [3.8, 4) is 0 Å². The Morgan fingerprint density at radius 3 is 2.29 bits per heavy atom. The summed E-state index contributed by atoms with van der Waals surface area (Å²) in [5.74, 6) is 0.943. The van der Waals surface area contributed by atoms with Crippen LogP contribution in [0.1, 0.15) is 47.6 Å². The molecule has 2 aromatic carbocycles. The highest BCUT2D eigenvalue weighted by atomic mass is 32.2. The number of thioether (sulfide) groups is 1. The first kappa shape index (κ1) is 24.6. The molecule has 1 saturated heterocycles. The van der Waals surface area contributed by atoms with Crippen molar-refractivity contribution >= 4 is 34.9 Å². The predicted molar refractivity (Wildman–Crippen MR) is 142 cm³/mol. The van der Waals surface area contributed by atoms with Crippen molar-refractivity contribution in [2.24, 2.45) is 5.41 Å². The van der Waals surface area contributed by atoms with Gasteiger partial charge >= 0.3 is 0 Å². The molecule has 1 aliphatic rings. The van der Waals surface area contributed by atoms with Crippen molar-refractivity contribution in [1.29, 1.82) is 0 Å². The zero-order valence-electron chi connectivity index (χ0n) is 20.0. The summed E-state index contributed by atoms with van der Waals surface area (Å²) in [6.07, 6.45) is 0.819. The van der Waals surface area contributed by atoms with Crippen LogP contribution in [0.3, 0.4) is 0 Å². The quantitative estimate of drug-likeness (QED) is 0.399. The minimum atomic E-state index is -0.479. The molecule has 1 aromatic heterocycles. The number of carbonyl (C=O) groups is 2. The third kappa shape index (κ3) is 5.73. The molecule has 4 nitrogen and oxygen atoms in total. The number of benzene rings is 2. The predicted octanol–water partition coefficient (Wildman–Crippen LogP) is 6.12. The Labute approximate surface area is 211 Å². The van der Waals surface area contributed by atoms with E-state index in [-0.39, 0.29) is 23.2 Å². The Hall–Kier alpha value is -2.57.